The number of halogens is 1. The van der Waals surface area contributed by atoms with E-state index in [9.17, 15) is 13.2 Å². The molecule has 0 saturated heterocycles. The Labute approximate surface area is 134 Å². The van der Waals surface area contributed by atoms with Crippen molar-refractivity contribution in [3.05, 3.63) is 29.3 Å². The van der Waals surface area contributed by atoms with Gasteiger partial charge in [-0.15, -0.1) is 0 Å². The molecule has 0 N–H and O–H groups in total. The maximum absolute atomic E-state index is 12.2. The van der Waals surface area contributed by atoms with Crippen LogP contribution in [0, 0.1) is 22.7 Å². The molecular formula is C14H14ClN3O3S. The summed E-state index contributed by atoms with van der Waals surface area (Å²) in [5.41, 5.74) is 0. The first-order chi connectivity index (χ1) is 10.4. The van der Waals surface area contributed by atoms with Crippen LogP contribution in [0.2, 0.25) is 5.02 Å². The molecule has 1 rings (SSSR count). The molecule has 1 aromatic carbocycles. The second-order valence-electron chi connectivity index (χ2n) is 4.41. The summed E-state index contributed by atoms with van der Waals surface area (Å²) in [6.07, 6.45) is 0.163. The highest BCUT2D eigenvalue weighted by Crippen LogP contribution is 2.16. The number of hydrogen-bond acceptors (Lipinski definition) is 5. The lowest BCUT2D eigenvalue weighted by molar-refractivity contribution is -0.128. The minimum Gasteiger partial charge on any atom is -0.340 e. The summed E-state index contributed by atoms with van der Waals surface area (Å²) >= 11 is 5.70. The van der Waals surface area contributed by atoms with Crippen molar-refractivity contribution in [3.63, 3.8) is 0 Å². The molecule has 0 atom stereocenters. The van der Waals surface area contributed by atoms with Gasteiger partial charge in [-0.2, -0.15) is 10.5 Å². The zero-order valence-electron chi connectivity index (χ0n) is 11.7. The maximum Gasteiger partial charge on any atom is 0.238 e. The second kappa shape index (κ2) is 8.38. The van der Waals surface area contributed by atoms with Gasteiger partial charge in [-0.25, -0.2) is 8.42 Å². The van der Waals surface area contributed by atoms with Crippen LogP contribution in [-0.4, -0.2) is 38.1 Å². The van der Waals surface area contributed by atoms with Gasteiger partial charge in [0, 0.05) is 18.1 Å². The first-order valence-corrected chi connectivity index (χ1v) is 8.43. The van der Waals surface area contributed by atoms with Crippen molar-refractivity contribution >= 4 is 27.3 Å². The average Bonchev–Trinajstić information content (AvgIpc) is 2.47. The van der Waals surface area contributed by atoms with Gasteiger partial charge in [-0.1, -0.05) is 11.6 Å². The largest absolute Gasteiger partial charge is 0.340 e. The minimum atomic E-state index is -3.79. The van der Waals surface area contributed by atoms with Crippen LogP contribution in [0.4, 0.5) is 0 Å². The van der Waals surface area contributed by atoms with Gasteiger partial charge < -0.3 is 4.90 Å². The third-order valence-corrected chi connectivity index (χ3v) is 4.70. The van der Waals surface area contributed by atoms with E-state index in [-0.39, 0.29) is 30.8 Å². The van der Waals surface area contributed by atoms with Crippen LogP contribution in [0.5, 0.6) is 0 Å². The van der Waals surface area contributed by atoms with Crippen LogP contribution >= 0.6 is 11.6 Å². The molecule has 0 unspecified atom stereocenters. The van der Waals surface area contributed by atoms with E-state index < -0.39 is 21.5 Å². The van der Waals surface area contributed by atoms with Crippen LogP contribution in [0.15, 0.2) is 29.2 Å². The van der Waals surface area contributed by atoms with Crippen molar-refractivity contribution in [2.24, 2.45) is 0 Å². The highest BCUT2D eigenvalue weighted by Gasteiger charge is 2.23. The van der Waals surface area contributed by atoms with E-state index in [0.29, 0.717) is 5.02 Å². The molecule has 0 heterocycles. The zero-order chi connectivity index (χ0) is 16.6. The molecule has 0 saturated carbocycles. The van der Waals surface area contributed by atoms with E-state index in [1.807, 2.05) is 12.1 Å². The number of benzene rings is 1. The molecule has 116 valence electrons. The van der Waals surface area contributed by atoms with Crippen molar-refractivity contribution in [1.29, 1.82) is 10.5 Å². The third kappa shape index (κ3) is 5.36. The van der Waals surface area contributed by atoms with E-state index in [2.05, 4.69) is 0 Å². The lowest BCUT2D eigenvalue weighted by Crippen LogP contribution is -2.37. The molecule has 6 nitrogen and oxygen atoms in total. The standard InChI is InChI=1S/C14H14ClN3O3S/c15-12-3-5-13(6-4-12)22(20,21)11-14(19)18(9-1-7-16)10-2-8-17/h3-6H,1-2,9-11H2. The summed E-state index contributed by atoms with van der Waals surface area (Å²) in [5.74, 6) is -1.33. The number of hydrogen-bond donors (Lipinski definition) is 0. The van der Waals surface area contributed by atoms with Gasteiger partial charge in [0.05, 0.1) is 29.9 Å². The Morgan fingerprint density at radius 3 is 2.05 bits per heavy atom. The fourth-order valence-corrected chi connectivity index (χ4v) is 3.06. The van der Waals surface area contributed by atoms with Crippen LogP contribution in [-0.2, 0) is 14.6 Å². The number of sulfone groups is 1. The Kier molecular flexibility index (Phi) is 6.84. The second-order valence-corrected chi connectivity index (χ2v) is 6.84. The van der Waals surface area contributed by atoms with E-state index in [1.54, 1.807) is 0 Å². The first kappa shape index (κ1) is 18.0. The molecule has 0 aromatic heterocycles. The highest BCUT2D eigenvalue weighted by molar-refractivity contribution is 7.92. The topological polar surface area (TPSA) is 102 Å². The quantitative estimate of drug-likeness (QED) is 0.753. The van der Waals surface area contributed by atoms with Crippen LogP contribution in [0.25, 0.3) is 0 Å². The average molecular weight is 340 g/mol. The maximum atomic E-state index is 12.2. The molecular weight excluding hydrogens is 326 g/mol. The van der Waals surface area contributed by atoms with Gasteiger partial charge in [-0.05, 0) is 24.3 Å². The van der Waals surface area contributed by atoms with Crippen molar-refractivity contribution in [2.45, 2.75) is 17.7 Å². The minimum absolute atomic E-state index is 0.00534. The van der Waals surface area contributed by atoms with Crippen molar-refractivity contribution in [3.8, 4) is 12.1 Å². The first-order valence-electron chi connectivity index (χ1n) is 6.40. The molecule has 1 amide bonds. The SMILES string of the molecule is N#CCCN(CCC#N)C(=O)CS(=O)(=O)c1ccc(Cl)cc1. The molecule has 22 heavy (non-hydrogen) atoms. The molecule has 0 fully saturated rings. The van der Waals surface area contributed by atoms with Gasteiger partial charge in [0.15, 0.2) is 9.84 Å². The molecule has 0 aliphatic carbocycles. The molecule has 8 heteroatoms. The van der Waals surface area contributed by atoms with Crippen LogP contribution in [0.1, 0.15) is 12.8 Å². The summed E-state index contributed by atoms with van der Waals surface area (Å²) in [7, 11) is -3.79. The fraction of sp³-hybridized carbons (Fsp3) is 0.357. The normalized spacial score (nSPS) is 10.5. The van der Waals surface area contributed by atoms with Gasteiger partial charge in [0.2, 0.25) is 5.91 Å². The highest BCUT2D eigenvalue weighted by atomic mass is 35.5. The lowest BCUT2D eigenvalue weighted by Gasteiger charge is -2.20. The number of rotatable bonds is 7. The summed E-state index contributed by atoms with van der Waals surface area (Å²) in [6.45, 7) is 0.209. The van der Waals surface area contributed by atoms with Gasteiger partial charge in [-0.3, -0.25) is 4.79 Å². The Morgan fingerprint density at radius 1 is 1.09 bits per heavy atom. The molecule has 0 aliphatic rings. The summed E-state index contributed by atoms with van der Waals surface area (Å²) in [6, 6.07) is 9.31. The predicted octanol–water partition coefficient (Wildman–Crippen LogP) is 1.77. The summed E-state index contributed by atoms with van der Waals surface area (Å²) < 4.78 is 24.4. The molecule has 0 spiro atoms. The van der Waals surface area contributed by atoms with E-state index in [4.69, 9.17) is 22.1 Å². The monoisotopic (exact) mass is 339 g/mol. The van der Waals surface area contributed by atoms with Crippen LogP contribution in [0.3, 0.4) is 0 Å². The Hall–Kier alpha value is -2.09. The Morgan fingerprint density at radius 2 is 1.59 bits per heavy atom. The fourth-order valence-electron chi connectivity index (χ4n) is 1.71. The Balaban J connectivity index is 2.84. The van der Waals surface area contributed by atoms with Gasteiger partial charge in [0.25, 0.3) is 0 Å². The number of nitrogens with zero attached hydrogens (tertiary/aromatic N) is 3. The number of carbonyl (C=O) groups is 1. The Bertz CT molecular complexity index is 684. The van der Waals surface area contributed by atoms with Crippen molar-refractivity contribution < 1.29 is 13.2 Å². The van der Waals surface area contributed by atoms with E-state index in [1.165, 1.54) is 29.2 Å². The molecule has 0 aliphatic heterocycles. The third-order valence-electron chi connectivity index (χ3n) is 2.83. The van der Waals surface area contributed by atoms with Crippen molar-refractivity contribution in [2.75, 3.05) is 18.8 Å². The molecule has 0 radical (unpaired) electrons. The predicted molar refractivity (Wildman–Crippen MR) is 80.5 cm³/mol. The van der Waals surface area contributed by atoms with Crippen LogP contribution < -0.4 is 0 Å². The van der Waals surface area contributed by atoms with Gasteiger partial charge >= 0.3 is 0 Å². The molecule has 1 aromatic rings. The van der Waals surface area contributed by atoms with E-state index in [0.717, 1.165) is 0 Å². The zero-order valence-corrected chi connectivity index (χ0v) is 13.3. The van der Waals surface area contributed by atoms with Gasteiger partial charge in [0.1, 0.15) is 5.75 Å². The smallest absolute Gasteiger partial charge is 0.238 e. The number of carbonyl (C=O) groups excluding carboxylic acids is 1. The molecule has 0 bridgehead atoms. The summed E-state index contributed by atoms with van der Waals surface area (Å²) in [5, 5.41) is 17.5. The lowest BCUT2D eigenvalue weighted by atomic mass is 10.3. The van der Waals surface area contributed by atoms with E-state index >= 15 is 0 Å². The van der Waals surface area contributed by atoms with Crippen molar-refractivity contribution in [1.82, 2.24) is 4.90 Å². The number of amides is 1. The summed E-state index contributed by atoms with van der Waals surface area (Å²) in [4.78, 5) is 13.3. The number of nitriles is 2.